The third-order valence-electron chi connectivity index (χ3n) is 3.41. The fourth-order valence-corrected chi connectivity index (χ4v) is 3.66. The molecule has 0 aromatic heterocycles. The number of hydrogen-bond donors (Lipinski definition) is 0. The first-order valence-corrected chi connectivity index (χ1v) is 7.51. The van der Waals surface area contributed by atoms with E-state index in [2.05, 4.69) is 0 Å². The molecule has 1 heterocycles. The molecular formula is C16H13F2NOS. The molecule has 3 rings (SSSR count). The second kappa shape index (κ2) is 5.48. The average Bonchev–Trinajstić information content (AvgIpc) is 2.76. The van der Waals surface area contributed by atoms with Gasteiger partial charge in [0.05, 0.1) is 10.9 Å². The van der Waals surface area contributed by atoms with Crippen LogP contribution in [0, 0.1) is 11.6 Å². The van der Waals surface area contributed by atoms with Crippen molar-refractivity contribution in [2.45, 2.75) is 17.5 Å². The van der Waals surface area contributed by atoms with E-state index in [0.29, 0.717) is 0 Å². The lowest BCUT2D eigenvalue weighted by molar-refractivity contribution is -0.117. The Labute approximate surface area is 125 Å². The molecule has 1 saturated heterocycles. The van der Waals surface area contributed by atoms with Gasteiger partial charge in [0, 0.05) is 6.07 Å². The second-order valence-electron chi connectivity index (χ2n) is 4.85. The Morgan fingerprint density at radius 1 is 1.10 bits per heavy atom. The molecule has 0 aliphatic carbocycles. The van der Waals surface area contributed by atoms with Crippen molar-refractivity contribution in [2.75, 3.05) is 4.90 Å². The first kappa shape index (κ1) is 14.1. The largest absolute Gasteiger partial charge is 0.292 e. The van der Waals surface area contributed by atoms with E-state index < -0.39 is 11.6 Å². The number of carbonyl (C=O) groups is 1. The number of nitrogens with zero attached hydrogens (tertiary/aromatic N) is 1. The minimum Gasteiger partial charge on any atom is -0.292 e. The van der Waals surface area contributed by atoms with Gasteiger partial charge in [0.25, 0.3) is 0 Å². The molecule has 1 fully saturated rings. The highest BCUT2D eigenvalue weighted by Gasteiger charge is 2.40. The van der Waals surface area contributed by atoms with Crippen LogP contribution in [0.15, 0.2) is 48.5 Å². The molecule has 2 atom stereocenters. The quantitative estimate of drug-likeness (QED) is 0.831. The Morgan fingerprint density at radius 2 is 1.81 bits per heavy atom. The molecule has 1 amide bonds. The van der Waals surface area contributed by atoms with Gasteiger partial charge in [-0.25, -0.2) is 8.78 Å². The van der Waals surface area contributed by atoms with Gasteiger partial charge in [-0.05, 0) is 24.6 Å². The molecule has 21 heavy (non-hydrogen) atoms. The molecule has 2 aromatic carbocycles. The molecule has 1 aliphatic rings. The Morgan fingerprint density at radius 3 is 2.48 bits per heavy atom. The summed E-state index contributed by atoms with van der Waals surface area (Å²) in [6, 6.07) is 12.7. The molecule has 2 nitrogen and oxygen atoms in total. The van der Waals surface area contributed by atoms with Crippen LogP contribution >= 0.6 is 11.8 Å². The summed E-state index contributed by atoms with van der Waals surface area (Å²) in [6.45, 7) is 1.80. The van der Waals surface area contributed by atoms with Crippen LogP contribution in [0.2, 0.25) is 0 Å². The van der Waals surface area contributed by atoms with Crippen molar-refractivity contribution in [3.8, 4) is 0 Å². The lowest BCUT2D eigenvalue weighted by Gasteiger charge is -2.24. The summed E-state index contributed by atoms with van der Waals surface area (Å²) >= 11 is 1.46. The zero-order chi connectivity index (χ0) is 15.0. The topological polar surface area (TPSA) is 20.3 Å². The number of thioether (sulfide) groups is 1. The van der Waals surface area contributed by atoms with Crippen LogP contribution in [0.1, 0.15) is 17.9 Å². The van der Waals surface area contributed by atoms with Crippen LogP contribution in [-0.2, 0) is 4.79 Å². The lowest BCUT2D eigenvalue weighted by Crippen LogP contribution is -2.30. The molecule has 0 spiro atoms. The molecular weight excluding hydrogens is 292 g/mol. The van der Waals surface area contributed by atoms with E-state index in [0.717, 1.165) is 11.6 Å². The summed E-state index contributed by atoms with van der Waals surface area (Å²) in [5.41, 5.74) is 1.04. The summed E-state index contributed by atoms with van der Waals surface area (Å²) in [6.07, 6.45) is 0. The van der Waals surface area contributed by atoms with E-state index in [1.165, 1.54) is 28.8 Å². The van der Waals surface area contributed by atoms with Crippen molar-refractivity contribution in [2.24, 2.45) is 0 Å². The van der Waals surface area contributed by atoms with Crippen LogP contribution in [0.5, 0.6) is 0 Å². The minimum atomic E-state index is -0.723. The fraction of sp³-hybridized carbons (Fsp3) is 0.188. The maximum Gasteiger partial charge on any atom is 0.241 e. The van der Waals surface area contributed by atoms with Gasteiger partial charge in [0.2, 0.25) is 5.91 Å². The predicted octanol–water partition coefficient (Wildman–Crippen LogP) is 4.13. The third-order valence-corrected chi connectivity index (χ3v) is 4.76. The zero-order valence-electron chi connectivity index (χ0n) is 11.3. The van der Waals surface area contributed by atoms with Crippen molar-refractivity contribution in [1.29, 1.82) is 0 Å². The van der Waals surface area contributed by atoms with Gasteiger partial charge in [-0.1, -0.05) is 30.3 Å². The van der Waals surface area contributed by atoms with Gasteiger partial charge in [-0.3, -0.25) is 9.69 Å². The number of anilines is 1. The Bertz CT molecular complexity index is 677. The van der Waals surface area contributed by atoms with Crippen LogP contribution in [0.3, 0.4) is 0 Å². The molecule has 5 heteroatoms. The minimum absolute atomic E-state index is 0.118. The van der Waals surface area contributed by atoms with Crippen LogP contribution in [-0.4, -0.2) is 11.2 Å². The number of benzene rings is 2. The molecule has 0 saturated carbocycles. The summed E-state index contributed by atoms with van der Waals surface area (Å²) in [4.78, 5) is 13.8. The highest BCUT2D eigenvalue weighted by atomic mass is 32.2. The monoisotopic (exact) mass is 305 g/mol. The Balaban J connectivity index is 2.06. The molecule has 2 unspecified atom stereocenters. The van der Waals surface area contributed by atoms with Crippen molar-refractivity contribution in [3.63, 3.8) is 0 Å². The standard InChI is InChI=1S/C16H13F2NOS/c1-10-15(20)19(14-8-7-12(17)9-13(14)18)16(21-10)11-5-3-2-4-6-11/h2-10,16H,1H3. The maximum atomic E-state index is 14.0. The van der Waals surface area contributed by atoms with Crippen LogP contribution < -0.4 is 4.90 Å². The van der Waals surface area contributed by atoms with Gasteiger partial charge in [0.1, 0.15) is 17.0 Å². The summed E-state index contributed by atoms with van der Waals surface area (Å²) in [5.74, 6) is -1.54. The van der Waals surface area contributed by atoms with Gasteiger partial charge in [-0.15, -0.1) is 11.8 Å². The second-order valence-corrected chi connectivity index (χ2v) is 6.27. The number of hydrogen-bond acceptors (Lipinski definition) is 2. The van der Waals surface area contributed by atoms with Crippen molar-refractivity contribution >= 4 is 23.4 Å². The summed E-state index contributed by atoms with van der Waals surface area (Å²) < 4.78 is 27.1. The smallest absolute Gasteiger partial charge is 0.241 e. The highest BCUT2D eigenvalue weighted by molar-refractivity contribution is 8.01. The van der Waals surface area contributed by atoms with E-state index in [1.54, 1.807) is 6.92 Å². The SMILES string of the molecule is CC1SC(c2ccccc2)N(c2ccc(F)cc2F)C1=O. The number of amides is 1. The molecule has 1 aliphatic heterocycles. The van der Waals surface area contributed by atoms with Crippen molar-refractivity contribution in [1.82, 2.24) is 0 Å². The van der Waals surface area contributed by atoms with E-state index in [-0.39, 0.29) is 22.2 Å². The lowest BCUT2D eigenvalue weighted by atomic mass is 10.1. The van der Waals surface area contributed by atoms with Gasteiger partial charge >= 0.3 is 0 Å². The van der Waals surface area contributed by atoms with Crippen molar-refractivity contribution < 1.29 is 13.6 Å². The molecule has 0 radical (unpaired) electrons. The zero-order valence-corrected chi connectivity index (χ0v) is 12.1. The summed E-state index contributed by atoms with van der Waals surface area (Å²) in [5, 5.41) is -0.562. The Hall–Kier alpha value is -1.88. The first-order valence-electron chi connectivity index (χ1n) is 6.56. The van der Waals surface area contributed by atoms with Crippen LogP contribution in [0.4, 0.5) is 14.5 Å². The first-order chi connectivity index (χ1) is 10.1. The van der Waals surface area contributed by atoms with E-state index in [1.807, 2.05) is 30.3 Å². The molecule has 108 valence electrons. The number of rotatable bonds is 2. The highest BCUT2D eigenvalue weighted by Crippen LogP contribution is 2.45. The van der Waals surface area contributed by atoms with Crippen molar-refractivity contribution in [3.05, 3.63) is 65.7 Å². The average molecular weight is 305 g/mol. The van der Waals surface area contributed by atoms with Gasteiger partial charge in [-0.2, -0.15) is 0 Å². The Kier molecular flexibility index (Phi) is 3.68. The number of halogens is 2. The molecule has 0 N–H and O–H groups in total. The third kappa shape index (κ3) is 2.53. The van der Waals surface area contributed by atoms with E-state index >= 15 is 0 Å². The van der Waals surface area contributed by atoms with Crippen LogP contribution in [0.25, 0.3) is 0 Å². The van der Waals surface area contributed by atoms with Gasteiger partial charge in [0.15, 0.2) is 0 Å². The van der Waals surface area contributed by atoms with E-state index in [4.69, 9.17) is 0 Å². The normalized spacial score (nSPS) is 21.9. The number of carbonyl (C=O) groups excluding carboxylic acids is 1. The molecule has 2 aromatic rings. The predicted molar refractivity (Wildman–Crippen MR) is 80.1 cm³/mol. The fourth-order valence-electron chi connectivity index (χ4n) is 2.39. The summed E-state index contributed by atoms with van der Waals surface area (Å²) in [7, 11) is 0. The molecule has 0 bridgehead atoms. The van der Waals surface area contributed by atoms with Gasteiger partial charge < -0.3 is 0 Å². The van der Waals surface area contributed by atoms with E-state index in [9.17, 15) is 13.6 Å². The maximum absolute atomic E-state index is 14.0.